The van der Waals surface area contributed by atoms with E-state index in [-0.39, 0.29) is 12.3 Å². The molecule has 0 spiro atoms. The molecule has 0 aliphatic rings. The Morgan fingerprint density at radius 3 is 1.92 bits per heavy atom. The van der Waals surface area contributed by atoms with Crippen LogP contribution >= 0.6 is 0 Å². The minimum Gasteiger partial charge on any atom is -0.368 e. The molecule has 2 amide bonds. The van der Waals surface area contributed by atoms with Gasteiger partial charge >= 0.3 is 0 Å². The number of nitrogens with zero attached hydrogens (tertiary/aromatic N) is 1. The van der Waals surface area contributed by atoms with Gasteiger partial charge in [0, 0.05) is 5.92 Å². The molecule has 0 aliphatic carbocycles. The number of carbonyl (C=O) groups excluding carboxylic acids is 2. The molecule has 0 bridgehead atoms. The maximum atomic E-state index is 13.2. The van der Waals surface area contributed by atoms with Gasteiger partial charge in [-0.05, 0) is 31.4 Å². The smallest absolute Gasteiger partial charge is 0.240 e. The number of benzene rings is 2. The first kappa shape index (κ1) is 19.2. The molecular formula is C21H23N3O2. The SMILES string of the molecule is C[C@@H](C#N)C[C@H](NC(=O)C(C)(c1ccccc1)c1ccccc1)C(N)=O. The van der Waals surface area contributed by atoms with E-state index < -0.39 is 23.3 Å². The van der Waals surface area contributed by atoms with Gasteiger partial charge in [-0.2, -0.15) is 5.26 Å². The fourth-order valence-electron chi connectivity index (χ4n) is 2.93. The van der Waals surface area contributed by atoms with Crippen molar-refractivity contribution in [2.45, 2.75) is 31.7 Å². The molecular weight excluding hydrogens is 326 g/mol. The van der Waals surface area contributed by atoms with Crippen LogP contribution < -0.4 is 11.1 Å². The van der Waals surface area contributed by atoms with Crippen molar-refractivity contribution in [1.82, 2.24) is 5.32 Å². The van der Waals surface area contributed by atoms with Crippen molar-refractivity contribution in [2.24, 2.45) is 11.7 Å². The van der Waals surface area contributed by atoms with E-state index in [1.165, 1.54) is 0 Å². The first-order valence-corrected chi connectivity index (χ1v) is 8.50. The molecule has 2 atom stereocenters. The maximum absolute atomic E-state index is 13.2. The highest BCUT2D eigenvalue weighted by Crippen LogP contribution is 2.32. The van der Waals surface area contributed by atoms with Gasteiger partial charge in [0.2, 0.25) is 11.8 Å². The molecule has 0 saturated heterocycles. The molecule has 0 heterocycles. The molecule has 134 valence electrons. The van der Waals surface area contributed by atoms with Crippen LogP contribution in [0.1, 0.15) is 31.4 Å². The van der Waals surface area contributed by atoms with Crippen molar-refractivity contribution in [3.05, 3.63) is 71.8 Å². The molecule has 5 nitrogen and oxygen atoms in total. The van der Waals surface area contributed by atoms with Crippen molar-refractivity contribution in [2.75, 3.05) is 0 Å². The van der Waals surface area contributed by atoms with E-state index in [9.17, 15) is 9.59 Å². The van der Waals surface area contributed by atoms with Crippen molar-refractivity contribution < 1.29 is 9.59 Å². The maximum Gasteiger partial charge on any atom is 0.240 e. The Kier molecular flexibility index (Phi) is 6.13. The summed E-state index contributed by atoms with van der Waals surface area (Å²) in [5.74, 6) is -1.37. The molecule has 0 aliphatic heterocycles. The van der Waals surface area contributed by atoms with Crippen molar-refractivity contribution in [3.8, 4) is 6.07 Å². The van der Waals surface area contributed by atoms with E-state index in [2.05, 4.69) is 11.4 Å². The summed E-state index contributed by atoms with van der Waals surface area (Å²) in [4.78, 5) is 25.0. The van der Waals surface area contributed by atoms with Gasteiger partial charge < -0.3 is 11.1 Å². The summed E-state index contributed by atoms with van der Waals surface area (Å²) in [7, 11) is 0. The van der Waals surface area contributed by atoms with Gasteiger partial charge in [0.05, 0.1) is 11.5 Å². The van der Waals surface area contributed by atoms with Gasteiger partial charge in [0.1, 0.15) is 6.04 Å². The lowest BCUT2D eigenvalue weighted by molar-refractivity contribution is -0.130. The van der Waals surface area contributed by atoms with Gasteiger partial charge in [0.25, 0.3) is 0 Å². The lowest BCUT2D eigenvalue weighted by Crippen LogP contribution is -2.52. The highest BCUT2D eigenvalue weighted by molar-refractivity contribution is 5.95. The third-order valence-corrected chi connectivity index (χ3v) is 4.61. The van der Waals surface area contributed by atoms with Gasteiger partial charge in [-0.15, -0.1) is 0 Å². The fraction of sp³-hybridized carbons (Fsp3) is 0.286. The minimum absolute atomic E-state index is 0.178. The Labute approximate surface area is 153 Å². The van der Waals surface area contributed by atoms with Gasteiger partial charge in [0.15, 0.2) is 0 Å². The standard InChI is InChI=1S/C21H23N3O2/c1-15(14-22)13-18(19(23)25)24-20(26)21(2,16-9-5-3-6-10-16)17-11-7-4-8-12-17/h3-12,15,18H,13H2,1-2H3,(H2,23,25)(H,24,26)/t15-,18+/m1/s1. The van der Waals surface area contributed by atoms with Crippen LogP contribution in [0.5, 0.6) is 0 Å². The molecule has 0 fully saturated rings. The normalized spacial score (nSPS) is 13.3. The highest BCUT2D eigenvalue weighted by Gasteiger charge is 2.38. The lowest BCUT2D eigenvalue weighted by Gasteiger charge is -2.31. The number of primary amides is 1. The second-order valence-electron chi connectivity index (χ2n) is 6.55. The molecule has 2 aromatic rings. The van der Waals surface area contributed by atoms with Crippen LogP contribution in [-0.2, 0) is 15.0 Å². The van der Waals surface area contributed by atoms with Crippen LogP contribution in [-0.4, -0.2) is 17.9 Å². The number of nitrogens with one attached hydrogen (secondary N) is 1. The Bertz CT molecular complexity index is 758. The number of nitrogens with two attached hydrogens (primary N) is 1. The van der Waals surface area contributed by atoms with Crippen LogP contribution in [0, 0.1) is 17.2 Å². The zero-order valence-electron chi connectivity index (χ0n) is 15.0. The molecule has 5 heteroatoms. The zero-order chi connectivity index (χ0) is 19.2. The third-order valence-electron chi connectivity index (χ3n) is 4.61. The van der Waals surface area contributed by atoms with Crippen LogP contribution in [0.25, 0.3) is 0 Å². The van der Waals surface area contributed by atoms with Crippen LogP contribution in [0.3, 0.4) is 0 Å². The number of rotatable bonds is 7. The lowest BCUT2D eigenvalue weighted by atomic mass is 9.75. The molecule has 2 rings (SSSR count). The second kappa shape index (κ2) is 8.30. The number of hydrogen-bond donors (Lipinski definition) is 2. The van der Waals surface area contributed by atoms with Crippen molar-refractivity contribution in [3.63, 3.8) is 0 Å². The molecule has 3 N–H and O–H groups in total. The van der Waals surface area contributed by atoms with E-state index >= 15 is 0 Å². The zero-order valence-corrected chi connectivity index (χ0v) is 15.0. The quantitative estimate of drug-likeness (QED) is 0.804. The van der Waals surface area contributed by atoms with Crippen LogP contribution in [0.2, 0.25) is 0 Å². The topological polar surface area (TPSA) is 96.0 Å². The minimum atomic E-state index is -0.994. The van der Waals surface area contributed by atoms with E-state index in [0.717, 1.165) is 11.1 Å². The summed E-state index contributed by atoms with van der Waals surface area (Å²) in [6.45, 7) is 3.51. The third kappa shape index (κ3) is 4.09. The molecule has 0 saturated carbocycles. The summed E-state index contributed by atoms with van der Waals surface area (Å²) in [6.07, 6.45) is 0.178. The van der Waals surface area contributed by atoms with Crippen molar-refractivity contribution >= 4 is 11.8 Å². The average Bonchev–Trinajstić information content (AvgIpc) is 2.67. The second-order valence-corrected chi connectivity index (χ2v) is 6.55. The Morgan fingerprint density at radius 1 is 1.08 bits per heavy atom. The largest absolute Gasteiger partial charge is 0.368 e. The van der Waals surface area contributed by atoms with Crippen LogP contribution in [0.15, 0.2) is 60.7 Å². The Morgan fingerprint density at radius 2 is 1.54 bits per heavy atom. The summed E-state index contributed by atoms with van der Waals surface area (Å²) >= 11 is 0. The number of amides is 2. The van der Waals surface area contributed by atoms with E-state index in [1.807, 2.05) is 67.6 Å². The first-order valence-electron chi connectivity index (χ1n) is 8.50. The molecule has 0 unspecified atom stereocenters. The van der Waals surface area contributed by atoms with Crippen LogP contribution in [0.4, 0.5) is 0 Å². The van der Waals surface area contributed by atoms with Gasteiger partial charge in [-0.3, -0.25) is 9.59 Å². The van der Waals surface area contributed by atoms with E-state index in [4.69, 9.17) is 11.0 Å². The number of hydrogen-bond acceptors (Lipinski definition) is 3. The summed E-state index contributed by atoms with van der Waals surface area (Å²) < 4.78 is 0. The Balaban J connectivity index is 2.41. The highest BCUT2D eigenvalue weighted by atomic mass is 16.2. The fourth-order valence-corrected chi connectivity index (χ4v) is 2.93. The average molecular weight is 349 g/mol. The number of nitriles is 1. The predicted molar refractivity (Wildman–Crippen MR) is 99.9 cm³/mol. The molecule has 0 aromatic heterocycles. The summed E-state index contributed by atoms with van der Waals surface area (Å²) in [5.41, 5.74) is 6.06. The van der Waals surface area contributed by atoms with Crippen molar-refractivity contribution in [1.29, 1.82) is 5.26 Å². The van der Waals surface area contributed by atoms with Gasteiger partial charge in [-0.25, -0.2) is 0 Å². The Hall–Kier alpha value is -3.13. The summed E-state index contributed by atoms with van der Waals surface area (Å²) in [5, 5.41) is 11.8. The van der Waals surface area contributed by atoms with Gasteiger partial charge in [-0.1, -0.05) is 60.7 Å². The molecule has 2 aromatic carbocycles. The predicted octanol–water partition coefficient (Wildman–Crippen LogP) is 2.51. The first-order chi connectivity index (χ1) is 12.4. The monoisotopic (exact) mass is 349 g/mol. The number of carbonyl (C=O) groups is 2. The summed E-state index contributed by atoms with van der Waals surface area (Å²) in [6, 6.07) is 19.9. The molecule has 0 radical (unpaired) electrons. The van der Waals surface area contributed by atoms with E-state index in [0.29, 0.717) is 0 Å². The molecule has 26 heavy (non-hydrogen) atoms. The van der Waals surface area contributed by atoms with E-state index in [1.54, 1.807) is 6.92 Å².